The van der Waals surface area contributed by atoms with Crippen molar-refractivity contribution < 1.29 is 22.7 Å². The highest BCUT2D eigenvalue weighted by atomic mass is 35.5. The zero-order chi connectivity index (χ0) is 16.2. The van der Waals surface area contributed by atoms with Gasteiger partial charge in [-0.15, -0.1) is 25.6 Å². The van der Waals surface area contributed by atoms with Crippen LogP contribution in [0.4, 0.5) is 13.2 Å². The third kappa shape index (κ3) is 5.58. The highest BCUT2D eigenvalue weighted by Crippen LogP contribution is 2.26. The fourth-order valence-electron chi connectivity index (χ4n) is 2.49. The molecule has 4 nitrogen and oxygen atoms in total. The Morgan fingerprint density at radius 1 is 1.35 bits per heavy atom. The number of halogens is 4. The van der Waals surface area contributed by atoms with Gasteiger partial charge in [0.25, 0.3) is 0 Å². The first-order valence-corrected chi connectivity index (χ1v) is 7.17. The van der Waals surface area contributed by atoms with E-state index in [1.807, 2.05) is 0 Å². The zero-order valence-corrected chi connectivity index (χ0v) is 13.5. The molecule has 0 aliphatic carbocycles. The van der Waals surface area contributed by atoms with E-state index in [1.165, 1.54) is 18.2 Å². The molecule has 1 amide bonds. The first kappa shape index (κ1) is 19.6. The van der Waals surface area contributed by atoms with Crippen LogP contribution in [-0.2, 0) is 11.3 Å². The summed E-state index contributed by atoms with van der Waals surface area (Å²) in [6, 6.07) is 5.79. The normalized spacial score (nSPS) is 21.2. The summed E-state index contributed by atoms with van der Waals surface area (Å²) >= 11 is 0. The van der Waals surface area contributed by atoms with Crippen LogP contribution < -0.4 is 15.4 Å². The number of carbonyl (C=O) groups is 1. The van der Waals surface area contributed by atoms with Gasteiger partial charge in [-0.25, -0.2) is 0 Å². The standard InChI is InChI=1S/C15H19F3N2O2.ClH/c1-14(8-4-5-9-20-14)13(21)19-10-11-6-2-3-7-12(11)22-15(16,17)18;/h2-3,6-7,20H,4-5,8-10H2,1H3,(H,19,21);1H. The Labute approximate surface area is 139 Å². The second kappa shape index (κ2) is 7.88. The second-order valence-electron chi connectivity index (χ2n) is 5.55. The van der Waals surface area contributed by atoms with E-state index in [4.69, 9.17) is 0 Å². The van der Waals surface area contributed by atoms with Crippen LogP contribution in [0.2, 0.25) is 0 Å². The van der Waals surface area contributed by atoms with Gasteiger partial charge >= 0.3 is 6.36 Å². The number of hydrogen-bond donors (Lipinski definition) is 2. The van der Waals surface area contributed by atoms with Gasteiger partial charge < -0.3 is 15.4 Å². The van der Waals surface area contributed by atoms with E-state index in [1.54, 1.807) is 13.0 Å². The van der Waals surface area contributed by atoms with E-state index in [-0.39, 0.29) is 36.2 Å². The number of piperidine rings is 1. The van der Waals surface area contributed by atoms with Crippen molar-refractivity contribution in [1.29, 1.82) is 0 Å². The molecule has 1 fully saturated rings. The van der Waals surface area contributed by atoms with Crippen molar-refractivity contribution in [1.82, 2.24) is 10.6 Å². The Balaban J connectivity index is 0.00000264. The topological polar surface area (TPSA) is 50.4 Å². The molecule has 0 saturated carbocycles. The summed E-state index contributed by atoms with van der Waals surface area (Å²) < 4.78 is 41.0. The average molecular weight is 353 g/mol. The van der Waals surface area contributed by atoms with Gasteiger partial charge in [-0.3, -0.25) is 4.79 Å². The lowest BCUT2D eigenvalue weighted by Crippen LogP contribution is -2.56. The molecule has 1 aromatic rings. The minimum absolute atomic E-state index is 0. The maximum Gasteiger partial charge on any atom is 0.573 e. The van der Waals surface area contributed by atoms with Crippen LogP contribution in [0.3, 0.4) is 0 Å². The van der Waals surface area contributed by atoms with Crippen LogP contribution in [0, 0.1) is 0 Å². The molecule has 0 bridgehead atoms. The molecule has 0 spiro atoms. The smallest absolute Gasteiger partial charge is 0.405 e. The van der Waals surface area contributed by atoms with Crippen molar-refractivity contribution in [2.45, 2.75) is 44.6 Å². The maximum atomic E-state index is 12.4. The van der Waals surface area contributed by atoms with Gasteiger partial charge in [-0.2, -0.15) is 0 Å². The predicted octanol–water partition coefficient (Wildman–Crippen LogP) is 3.16. The van der Waals surface area contributed by atoms with E-state index in [9.17, 15) is 18.0 Å². The number of amides is 1. The SMILES string of the molecule is CC1(C(=O)NCc2ccccc2OC(F)(F)F)CCCCN1.Cl. The van der Waals surface area contributed by atoms with Gasteiger partial charge in [0.2, 0.25) is 5.91 Å². The minimum Gasteiger partial charge on any atom is -0.405 e. The lowest BCUT2D eigenvalue weighted by molar-refractivity contribution is -0.274. The monoisotopic (exact) mass is 352 g/mol. The summed E-state index contributed by atoms with van der Waals surface area (Å²) in [5, 5.41) is 5.85. The number of alkyl halides is 3. The lowest BCUT2D eigenvalue weighted by atomic mass is 9.90. The number of nitrogens with one attached hydrogen (secondary N) is 2. The van der Waals surface area contributed by atoms with Gasteiger partial charge in [-0.1, -0.05) is 18.2 Å². The fourth-order valence-corrected chi connectivity index (χ4v) is 2.49. The van der Waals surface area contributed by atoms with Crippen molar-refractivity contribution in [2.75, 3.05) is 6.54 Å². The van der Waals surface area contributed by atoms with E-state index in [0.29, 0.717) is 6.42 Å². The molecule has 0 radical (unpaired) electrons. The van der Waals surface area contributed by atoms with Crippen molar-refractivity contribution in [3.63, 3.8) is 0 Å². The van der Waals surface area contributed by atoms with Gasteiger partial charge in [0.1, 0.15) is 5.75 Å². The molecule has 1 unspecified atom stereocenters. The third-order valence-electron chi connectivity index (χ3n) is 3.76. The fraction of sp³-hybridized carbons (Fsp3) is 0.533. The molecule has 1 aliphatic heterocycles. The molecule has 8 heteroatoms. The van der Waals surface area contributed by atoms with Gasteiger partial charge in [0, 0.05) is 12.1 Å². The first-order chi connectivity index (χ1) is 10.3. The summed E-state index contributed by atoms with van der Waals surface area (Å²) in [4.78, 5) is 12.3. The van der Waals surface area contributed by atoms with Crippen LogP contribution >= 0.6 is 12.4 Å². The number of carbonyl (C=O) groups excluding carboxylic acids is 1. The lowest BCUT2D eigenvalue weighted by Gasteiger charge is -2.33. The van der Waals surface area contributed by atoms with Crippen molar-refractivity contribution in [2.24, 2.45) is 0 Å². The molecule has 23 heavy (non-hydrogen) atoms. The Kier molecular flexibility index (Phi) is 6.70. The molecule has 130 valence electrons. The van der Waals surface area contributed by atoms with E-state index in [2.05, 4.69) is 15.4 Å². The Bertz CT molecular complexity index is 532. The van der Waals surface area contributed by atoms with Crippen molar-refractivity contribution >= 4 is 18.3 Å². The minimum atomic E-state index is -4.75. The molecule has 1 aliphatic rings. The van der Waals surface area contributed by atoms with E-state index >= 15 is 0 Å². The summed E-state index contributed by atoms with van der Waals surface area (Å²) in [6.45, 7) is 2.56. The molecule has 1 saturated heterocycles. The van der Waals surface area contributed by atoms with E-state index in [0.717, 1.165) is 19.4 Å². The second-order valence-corrected chi connectivity index (χ2v) is 5.55. The highest BCUT2D eigenvalue weighted by Gasteiger charge is 2.34. The third-order valence-corrected chi connectivity index (χ3v) is 3.76. The molecule has 1 aromatic carbocycles. The average Bonchev–Trinajstić information content (AvgIpc) is 2.45. The van der Waals surface area contributed by atoms with Gasteiger partial charge in [0.15, 0.2) is 0 Å². The zero-order valence-electron chi connectivity index (χ0n) is 12.7. The Morgan fingerprint density at radius 3 is 2.65 bits per heavy atom. The molecule has 2 rings (SSSR count). The van der Waals surface area contributed by atoms with Crippen molar-refractivity contribution in [3.8, 4) is 5.75 Å². The summed E-state index contributed by atoms with van der Waals surface area (Å²) in [7, 11) is 0. The molecule has 2 N–H and O–H groups in total. The summed E-state index contributed by atoms with van der Waals surface area (Å²) in [5.74, 6) is -0.508. The number of ether oxygens (including phenoxy) is 1. The van der Waals surface area contributed by atoms with Crippen LogP contribution in [0.25, 0.3) is 0 Å². The first-order valence-electron chi connectivity index (χ1n) is 7.17. The molecular weight excluding hydrogens is 333 g/mol. The van der Waals surface area contributed by atoms with Gasteiger partial charge in [0.05, 0.1) is 5.54 Å². The highest BCUT2D eigenvalue weighted by molar-refractivity contribution is 5.86. The van der Waals surface area contributed by atoms with Crippen LogP contribution in [0.1, 0.15) is 31.7 Å². The molecule has 1 atom stereocenters. The van der Waals surface area contributed by atoms with Crippen LogP contribution in [0.15, 0.2) is 24.3 Å². The summed E-state index contributed by atoms with van der Waals surface area (Å²) in [5.41, 5.74) is -0.384. The molecular formula is C15H20ClF3N2O2. The number of para-hydroxylation sites is 1. The van der Waals surface area contributed by atoms with Crippen molar-refractivity contribution in [3.05, 3.63) is 29.8 Å². The quantitative estimate of drug-likeness (QED) is 0.875. The largest absolute Gasteiger partial charge is 0.573 e. The van der Waals surface area contributed by atoms with Crippen LogP contribution in [0.5, 0.6) is 5.75 Å². The van der Waals surface area contributed by atoms with E-state index < -0.39 is 11.9 Å². The Hall–Kier alpha value is -1.47. The molecule has 0 aromatic heterocycles. The Morgan fingerprint density at radius 2 is 2.04 bits per heavy atom. The maximum absolute atomic E-state index is 12.4. The number of rotatable bonds is 4. The predicted molar refractivity (Wildman–Crippen MR) is 82.5 cm³/mol. The number of hydrogen-bond acceptors (Lipinski definition) is 3. The molecule has 1 heterocycles. The van der Waals surface area contributed by atoms with Crippen LogP contribution in [-0.4, -0.2) is 24.4 Å². The number of benzene rings is 1. The van der Waals surface area contributed by atoms with Gasteiger partial charge in [-0.05, 0) is 38.8 Å². The summed E-state index contributed by atoms with van der Waals surface area (Å²) in [6.07, 6.45) is -2.08.